The first-order valence-electron chi connectivity index (χ1n) is 13.4. The molecule has 0 heterocycles. The highest BCUT2D eigenvalue weighted by molar-refractivity contribution is 5.93. The van der Waals surface area contributed by atoms with Crippen molar-refractivity contribution in [1.82, 2.24) is 15.5 Å². The van der Waals surface area contributed by atoms with E-state index >= 15 is 0 Å². The molecule has 0 aliphatic heterocycles. The molecule has 3 rings (SSSR count). The number of hydrogen-bond donors (Lipinski definition) is 2. The maximum Gasteiger partial charge on any atom is 0.408 e. The molecule has 0 radical (unpaired) electrons. The fourth-order valence-electron chi connectivity index (χ4n) is 4.48. The Hall–Kier alpha value is -3.35. The van der Waals surface area contributed by atoms with Gasteiger partial charge in [0.05, 0.1) is 0 Å². The molecule has 0 spiro atoms. The topological polar surface area (TPSA) is 87.7 Å². The van der Waals surface area contributed by atoms with Crippen molar-refractivity contribution in [1.29, 1.82) is 0 Å². The molecule has 2 N–H and O–H groups in total. The number of nitrogens with one attached hydrogen (secondary N) is 2. The SMILES string of the molecule is Cc1cccc(C(C(=O)NC(C)(C)C)N(C(=O)C(Cc2ccccc2)NC(=O)OC(C)(C)C)C2CC2)c1C. The van der Waals surface area contributed by atoms with E-state index in [-0.39, 0.29) is 24.3 Å². The predicted molar refractivity (Wildman–Crippen MR) is 150 cm³/mol. The molecule has 7 heteroatoms. The fourth-order valence-corrected chi connectivity index (χ4v) is 4.48. The number of rotatable bonds is 8. The first kappa shape index (κ1) is 29.2. The first-order valence-corrected chi connectivity index (χ1v) is 13.4. The van der Waals surface area contributed by atoms with Gasteiger partial charge in [0.1, 0.15) is 17.7 Å². The molecule has 0 aromatic heterocycles. The van der Waals surface area contributed by atoms with Gasteiger partial charge in [-0.3, -0.25) is 9.59 Å². The lowest BCUT2D eigenvalue weighted by Gasteiger charge is -2.37. The van der Waals surface area contributed by atoms with Crippen LogP contribution in [0.5, 0.6) is 0 Å². The lowest BCUT2D eigenvalue weighted by molar-refractivity contribution is -0.143. The highest BCUT2D eigenvalue weighted by Gasteiger charge is 2.45. The zero-order valence-electron chi connectivity index (χ0n) is 24.1. The molecule has 3 amide bonds. The molecule has 2 atom stereocenters. The van der Waals surface area contributed by atoms with E-state index in [4.69, 9.17) is 4.74 Å². The zero-order chi connectivity index (χ0) is 28.3. The van der Waals surface area contributed by atoms with Crippen LogP contribution in [0.1, 0.15) is 82.7 Å². The Kier molecular flexibility index (Phi) is 8.90. The van der Waals surface area contributed by atoms with Crippen molar-refractivity contribution in [3.8, 4) is 0 Å². The third-order valence-electron chi connectivity index (χ3n) is 6.43. The van der Waals surface area contributed by atoms with Crippen LogP contribution in [0.25, 0.3) is 0 Å². The molecule has 1 saturated carbocycles. The highest BCUT2D eigenvalue weighted by Crippen LogP contribution is 2.37. The normalized spacial score (nSPS) is 15.3. The summed E-state index contributed by atoms with van der Waals surface area (Å²) in [5.41, 5.74) is 2.52. The summed E-state index contributed by atoms with van der Waals surface area (Å²) < 4.78 is 5.51. The van der Waals surface area contributed by atoms with Crippen molar-refractivity contribution in [3.05, 3.63) is 70.8 Å². The van der Waals surface area contributed by atoms with E-state index in [0.29, 0.717) is 0 Å². The van der Waals surface area contributed by atoms with Crippen LogP contribution in [0, 0.1) is 13.8 Å². The third kappa shape index (κ3) is 8.07. The number of aryl methyl sites for hydroxylation is 1. The van der Waals surface area contributed by atoms with Crippen LogP contribution < -0.4 is 10.6 Å². The second kappa shape index (κ2) is 11.6. The number of carbonyl (C=O) groups is 3. The lowest BCUT2D eigenvalue weighted by atomic mass is 9.93. The van der Waals surface area contributed by atoms with Gasteiger partial charge in [-0.15, -0.1) is 0 Å². The van der Waals surface area contributed by atoms with E-state index in [1.807, 2.05) is 83.1 Å². The highest BCUT2D eigenvalue weighted by atomic mass is 16.6. The Bertz CT molecular complexity index is 1140. The number of alkyl carbamates (subject to hydrolysis) is 1. The molecule has 1 aliphatic rings. The van der Waals surface area contributed by atoms with Gasteiger partial charge in [-0.1, -0.05) is 48.5 Å². The summed E-state index contributed by atoms with van der Waals surface area (Å²) in [5.74, 6) is -0.528. The van der Waals surface area contributed by atoms with E-state index < -0.39 is 29.3 Å². The molecular weight excluding hydrogens is 478 g/mol. The molecule has 2 unspecified atom stereocenters. The molecule has 7 nitrogen and oxygen atoms in total. The number of hydrogen-bond acceptors (Lipinski definition) is 4. The van der Waals surface area contributed by atoms with E-state index in [1.165, 1.54) is 0 Å². The van der Waals surface area contributed by atoms with Gasteiger partial charge in [-0.2, -0.15) is 0 Å². The number of ether oxygens (including phenoxy) is 1. The maximum absolute atomic E-state index is 14.4. The van der Waals surface area contributed by atoms with Gasteiger partial charge in [0, 0.05) is 18.0 Å². The van der Waals surface area contributed by atoms with Gasteiger partial charge in [0.15, 0.2) is 0 Å². The monoisotopic (exact) mass is 521 g/mol. The average Bonchev–Trinajstić information content (AvgIpc) is 3.62. The van der Waals surface area contributed by atoms with E-state index in [9.17, 15) is 14.4 Å². The summed E-state index contributed by atoms with van der Waals surface area (Å²) in [6.07, 6.45) is 1.23. The maximum atomic E-state index is 14.4. The minimum atomic E-state index is -0.900. The molecule has 2 aromatic carbocycles. The van der Waals surface area contributed by atoms with Crippen LogP contribution in [0.3, 0.4) is 0 Å². The molecular formula is C31H43N3O4. The second-order valence-corrected chi connectivity index (χ2v) is 12.3. The molecule has 206 valence electrons. The summed E-state index contributed by atoms with van der Waals surface area (Å²) in [6.45, 7) is 15.1. The predicted octanol–water partition coefficient (Wildman–Crippen LogP) is 5.39. The van der Waals surface area contributed by atoms with E-state index in [2.05, 4.69) is 10.6 Å². The average molecular weight is 522 g/mol. The van der Waals surface area contributed by atoms with E-state index in [0.717, 1.165) is 35.1 Å². The van der Waals surface area contributed by atoms with Crippen LogP contribution in [-0.4, -0.2) is 46.0 Å². The van der Waals surface area contributed by atoms with Gasteiger partial charge in [-0.25, -0.2) is 4.79 Å². The minimum absolute atomic E-state index is 0.0863. The Morgan fingerprint density at radius 2 is 1.58 bits per heavy atom. The first-order chi connectivity index (χ1) is 17.7. The van der Waals surface area contributed by atoms with Gasteiger partial charge in [-0.05, 0) is 90.5 Å². The Balaban J connectivity index is 2.06. The van der Waals surface area contributed by atoms with Crippen molar-refractivity contribution in [3.63, 3.8) is 0 Å². The number of benzene rings is 2. The van der Waals surface area contributed by atoms with Crippen molar-refractivity contribution in [2.45, 2.75) is 104 Å². The Morgan fingerprint density at radius 1 is 0.947 bits per heavy atom. The summed E-state index contributed by atoms with van der Waals surface area (Å²) >= 11 is 0. The number of carbonyl (C=O) groups excluding carboxylic acids is 3. The largest absolute Gasteiger partial charge is 0.444 e. The molecule has 1 fully saturated rings. The summed E-state index contributed by atoms with van der Waals surface area (Å²) in [5, 5.41) is 5.92. The smallest absolute Gasteiger partial charge is 0.408 e. The van der Waals surface area contributed by atoms with Gasteiger partial charge < -0.3 is 20.3 Å². The van der Waals surface area contributed by atoms with Crippen molar-refractivity contribution in [2.75, 3.05) is 0 Å². The molecule has 0 bridgehead atoms. The van der Waals surface area contributed by atoms with Crippen LogP contribution in [0.4, 0.5) is 4.79 Å². The van der Waals surface area contributed by atoms with Crippen molar-refractivity contribution in [2.24, 2.45) is 0 Å². The molecule has 38 heavy (non-hydrogen) atoms. The quantitative estimate of drug-likeness (QED) is 0.488. The molecule has 2 aromatic rings. The third-order valence-corrected chi connectivity index (χ3v) is 6.43. The zero-order valence-corrected chi connectivity index (χ0v) is 24.1. The fraction of sp³-hybridized carbons (Fsp3) is 0.516. The summed E-state index contributed by atoms with van der Waals surface area (Å²) in [4.78, 5) is 42.8. The minimum Gasteiger partial charge on any atom is -0.444 e. The number of amides is 3. The molecule has 0 saturated heterocycles. The summed E-state index contributed by atoms with van der Waals surface area (Å²) in [6, 6.07) is 13.6. The van der Waals surface area contributed by atoms with Crippen molar-refractivity contribution >= 4 is 17.9 Å². The van der Waals surface area contributed by atoms with Crippen LogP contribution >= 0.6 is 0 Å². The standard InChI is InChI=1S/C31H43N3O4/c1-20-13-12-16-24(21(20)2)26(27(35)33-30(3,4)5)34(23-17-18-23)28(36)25(19-22-14-10-9-11-15-22)32-29(37)38-31(6,7)8/h9-16,23,25-26H,17-19H2,1-8H3,(H,32,37)(H,33,35). The Labute approximate surface area is 227 Å². The van der Waals surface area contributed by atoms with Gasteiger partial charge in [0.2, 0.25) is 11.8 Å². The van der Waals surface area contributed by atoms with Gasteiger partial charge >= 0.3 is 6.09 Å². The van der Waals surface area contributed by atoms with Crippen LogP contribution in [-0.2, 0) is 20.7 Å². The van der Waals surface area contributed by atoms with Crippen LogP contribution in [0.15, 0.2) is 48.5 Å². The lowest BCUT2D eigenvalue weighted by Crippen LogP contribution is -2.56. The second-order valence-electron chi connectivity index (χ2n) is 12.3. The van der Waals surface area contributed by atoms with E-state index in [1.54, 1.807) is 25.7 Å². The molecule has 1 aliphatic carbocycles. The van der Waals surface area contributed by atoms with Crippen molar-refractivity contribution < 1.29 is 19.1 Å². The van der Waals surface area contributed by atoms with Crippen LogP contribution in [0.2, 0.25) is 0 Å². The summed E-state index contributed by atoms with van der Waals surface area (Å²) in [7, 11) is 0. The number of nitrogens with zero attached hydrogens (tertiary/aromatic N) is 1. The van der Waals surface area contributed by atoms with Gasteiger partial charge in [0.25, 0.3) is 0 Å². The Morgan fingerprint density at radius 3 is 2.13 bits per heavy atom.